The summed E-state index contributed by atoms with van der Waals surface area (Å²) in [4.78, 5) is 30.3. The lowest BCUT2D eigenvalue weighted by molar-refractivity contribution is -0.132. The van der Waals surface area contributed by atoms with Gasteiger partial charge in [0.25, 0.3) is 11.7 Å². The highest BCUT2D eigenvalue weighted by atomic mass is 16.5. The summed E-state index contributed by atoms with van der Waals surface area (Å²) in [6, 6.07) is 19.0. The van der Waals surface area contributed by atoms with Crippen molar-refractivity contribution in [1.29, 1.82) is 0 Å². The Morgan fingerprint density at radius 3 is 2.27 bits per heavy atom. The van der Waals surface area contributed by atoms with Gasteiger partial charge in [-0.2, -0.15) is 0 Å². The molecule has 3 aromatic carbocycles. The third kappa shape index (κ3) is 5.03. The number of hydrogen-bond acceptors (Lipinski definition) is 6. The van der Waals surface area contributed by atoms with Crippen LogP contribution in [0.15, 0.2) is 72.3 Å². The van der Waals surface area contributed by atoms with Crippen LogP contribution in [0.4, 0.5) is 11.4 Å². The van der Waals surface area contributed by atoms with Gasteiger partial charge in [-0.1, -0.05) is 12.1 Å². The van der Waals surface area contributed by atoms with Crippen LogP contribution in [0.2, 0.25) is 0 Å². The molecule has 0 saturated carbocycles. The maximum Gasteiger partial charge on any atom is 0.300 e. The van der Waals surface area contributed by atoms with Gasteiger partial charge in [0, 0.05) is 31.0 Å². The summed E-state index contributed by atoms with van der Waals surface area (Å²) in [5, 5.41) is 11.4. The van der Waals surface area contributed by atoms with Gasteiger partial charge in [-0.15, -0.1) is 0 Å². The Bertz CT molecular complexity index is 1340. The summed E-state index contributed by atoms with van der Waals surface area (Å²) in [7, 11) is 3.86. The Labute approximate surface area is 217 Å². The number of Topliss-reactive ketones (excluding diaryl/α,β-unsaturated/α-hetero) is 1. The van der Waals surface area contributed by atoms with Crippen LogP contribution in [0.5, 0.6) is 11.5 Å². The van der Waals surface area contributed by atoms with Crippen LogP contribution in [0.1, 0.15) is 36.6 Å². The highest BCUT2D eigenvalue weighted by molar-refractivity contribution is 6.51. The fourth-order valence-corrected chi connectivity index (χ4v) is 4.54. The Kier molecular flexibility index (Phi) is 7.53. The summed E-state index contributed by atoms with van der Waals surface area (Å²) < 4.78 is 11.3. The predicted molar refractivity (Wildman–Crippen MR) is 146 cm³/mol. The second kappa shape index (κ2) is 10.8. The number of amides is 1. The largest absolute Gasteiger partial charge is 0.507 e. The predicted octanol–water partition coefficient (Wildman–Crippen LogP) is 5.48. The van der Waals surface area contributed by atoms with Crippen molar-refractivity contribution in [3.8, 4) is 11.5 Å². The lowest BCUT2D eigenvalue weighted by atomic mass is 9.94. The molecule has 0 bridgehead atoms. The molecule has 7 heteroatoms. The van der Waals surface area contributed by atoms with Crippen LogP contribution in [0.3, 0.4) is 0 Å². The quantitative estimate of drug-likeness (QED) is 0.251. The van der Waals surface area contributed by atoms with Crippen LogP contribution in [0.25, 0.3) is 5.76 Å². The molecule has 1 unspecified atom stereocenters. The van der Waals surface area contributed by atoms with Crippen molar-refractivity contribution in [2.45, 2.75) is 26.8 Å². The molecule has 3 aromatic rings. The van der Waals surface area contributed by atoms with E-state index in [-0.39, 0.29) is 11.3 Å². The van der Waals surface area contributed by atoms with E-state index in [1.807, 2.05) is 70.1 Å². The maximum absolute atomic E-state index is 13.5. The number of aryl methyl sites for hydroxylation is 1. The fraction of sp³-hybridized carbons (Fsp3) is 0.267. The smallest absolute Gasteiger partial charge is 0.300 e. The highest BCUT2D eigenvalue weighted by Gasteiger charge is 2.47. The van der Waals surface area contributed by atoms with E-state index in [0.29, 0.717) is 41.5 Å². The summed E-state index contributed by atoms with van der Waals surface area (Å²) in [5.41, 5.74) is 3.45. The number of anilines is 2. The standard InChI is InChI=1S/C30H32N2O5/c1-6-36-24-10-8-9-20(18-24)27-26(28(33)21-11-16-25(37-7-2)19(3)17-21)29(34)30(35)32(27)23-14-12-22(13-15-23)31(4)5/h8-18,27,33H,6-7H2,1-5H3/b28-26+. The van der Waals surface area contributed by atoms with Crippen molar-refractivity contribution in [1.82, 2.24) is 0 Å². The molecule has 1 heterocycles. The van der Waals surface area contributed by atoms with Gasteiger partial charge >= 0.3 is 0 Å². The molecule has 1 fully saturated rings. The minimum Gasteiger partial charge on any atom is -0.507 e. The minimum absolute atomic E-state index is 0.0268. The number of ether oxygens (including phenoxy) is 2. The molecule has 192 valence electrons. The molecule has 1 amide bonds. The van der Waals surface area contributed by atoms with E-state index in [0.717, 1.165) is 11.3 Å². The van der Waals surface area contributed by atoms with E-state index in [2.05, 4.69) is 0 Å². The average molecular weight is 501 g/mol. The van der Waals surface area contributed by atoms with Gasteiger partial charge in [0.1, 0.15) is 17.3 Å². The van der Waals surface area contributed by atoms with E-state index >= 15 is 0 Å². The number of aliphatic hydroxyl groups excluding tert-OH is 1. The maximum atomic E-state index is 13.5. The number of nitrogens with zero attached hydrogens (tertiary/aromatic N) is 2. The molecule has 1 atom stereocenters. The number of rotatable bonds is 8. The van der Waals surface area contributed by atoms with E-state index < -0.39 is 17.7 Å². The van der Waals surface area contributed by atoms with Crippen molar-refractivity contribution in [2.24, 2.45) is 0 Å². The molecule has 1 N–H and O–H groups in total. The highest BCUT2D eigenvalue weighted by Crippen LogP contribution is 2.43. The molecule has 4 rings (SSSR count). The number of benzene rings is 3. The van der Waals surface area contributed by atoms with Gasteiger partial charge in [-0.25, -0.2) is 0 Å². The van der Waals surface area contributed by atoms with Gasteiger partial charge in [0.15, 0.2) is 0 Å². The van der Waals surface area contributed by atoms with Crippen molar-refractivity contribution in [3.63, 3.8) is 0 Å². The molecule has 1 saturated heterocycles. The van der Waals surface area contributed by atoms with Crippen LogP contribution in [-0.2, 0) is 9.59 Å². The first kappa shape index (κ1) is 25.8. The first-order chi connectivity index (χ1) is 17.8. The van der Waals surface area contributed by atoms with E-state index in [9.17, 15) is 14.7 Å². The molecular weight excluding hydrogens is 468 g/mol. The zero-order valence-electron chi connectivity index (χ0n) is 21.8. The molecule has 0 radical (unpaired) electrons. The Balaban J connectivity index is 1.90. The summed E-state index contributed by atoms with van der Waals surface area (Å²) in [5.74, 6) is -0.364. The van der Waals surface area contributed by atoms with Crippen LogP contribution < -0.4 is 19.3 Å². The molecule has 0 aliphatic carbocycles. The van der Waals surface area contributed by atoms with Gasteiger partial charge in [-0.3, -0.25) is 14.5 Å². The van der Waals surface area contributed by atoms with Crippen LogP contribution in [-0.4, -0.2) is 44.1 Å². The van der Waals surface area contributed by atoms with Crippen molar-refractivity contribution < 1.29 is 24.2 Å². The fourth-order valence-electron chi connectivity index (χ4n) is 4.54. The van der Waals surface area contributed by atoms with Crippen LogP contribution >= 0.6 is 0 Å². The number of carbonyl (C=O) groups excluding carboxylic acids is 2. The van der Waals surface area contributed by atoms with E-state index in [1.54, 1.807) is 36.4 Å². The molecule has 37 heavy (non-hydrogen) atoms. The second-order valence-electron chi connectivity index (χ2n) is 9.00. The Hall–Kier alpha value is -4.26. The zero-order chi connectivity index (χ0) is 26.7. The Morgan fingerprint density at radius 1 is 0.946 bits per heavy atom. The average Bonchev–Trinajstić information content (AvgIpc) is 3.15. The minimum atomic E-state index is -0.836. The number of ketones is 1. The second-order valence-corrected chi connectivity index (χ2v) is 9.00. The van der Waals surface area contributed by atoms with Crippen LogP contribution in [0, 0.1) is 6.92 Å². The molecular formula is C30H32N2O5. The van der Waals surface area contributed by atoms with E-state index in [1.165, 1.54) is 4.90 Å². The zero-order valence-corrected chi connectivity index (χ0v) is 21.8. The SMILES string of the molecule is CCOc1cccc(C2/C(=C(\O)c3ccc(OCC)c(C)c3)C(=O)C(=O)N2c2ccc(N(C)C)cc2)c1. The van der Waals surface area contributed by atoms with E-state index in [4.69, 9.17) is 9.47 Å². The van der Waals surface area contributed by atoms with Crippen molar-refractivity contribution in [3.05, 3.63) is 89.0 Å². The number of carbonyl (C=O) groups is 2. The first-order valence-corrected chi connectivity index (χ1v) is 12.3. The number of hydrogen-bond donors (Lipinski definition) is 1. The number of aliphatic hydroxyl groups is 1. The lowest BCUT2D eigenvalue weighted by Crippen LogP contribution is -2.29. The Morgan fingerprint density at radius 2 is 1.65 bits per heavy atom. The molecule has 1 aliphatic heterocycles. The normalized spacial score (nSPS) is 16.7. The first-order valence-electron chi connectivity index (χ1n) is 12.3. The summed E-state index contributed by atoms with van der Waals surface area (Å²) in [6.07, 6.45) is 0. The third-order valence-electron chi connectivity index (χ3n) is 6.32. The van der Waals surface area contributed by atoms with Gasteiger partial charge < -0.3 is 19.5 Å². The van der Waals surface area contributed by atoms with Crippen molar-refractivity contribution in [2.75, 3.05) is 37.1 Å². The monoisotopic (exact) mass is 500 g/mol. The molecule has 0 aromatic heterocycles. The lowest BCUT2D eigenvalue weighted by Gasteiger charge is -2.26. The summed E-state index contributed by atoms with van der Waals surface area (Å²) in [6.45, 7) is 6.65. The topological polar surface area (TPSA) is 79.3 Å². The third-order valence-corrected chi connectivity index (χ3v) is 6.32. The van der Waals surface area contributed by atoms with Gasteiger partial charge in [-0.05, 0) is 86.5 Å². The summed E-state index contributed by atoms with van der Waals surface area (Å²) >= 11 is 0. The van der Waals surface area contributed by atoms with Gasteiger partial charge in [0.05, 0.1) is 24.8 Å². The van der Waals surface area contributed by atoms with Gasteiger partial charge in [0.2, 0.25) is 0 Å². The van der Waals surface area contributed by atoms with Crippen molar-refractivity contribution >= 4 is 28.8 Å². The molecule has 7 nitrogen and oxygen atoms in total. The molecule has 1 aliphatic rings. The molecule has 0 spiro atoms.